The number of benzene rings is 1. The summed E-state index contributed by atoms with van der Waals surface area (Å²) >= 11 is 1.94. The molecule has 1 aromatic carbocycles. The number of thioether (sulfide) groups is 1. The molecule has 1 heterocycles. The molecule has 76 valence electrons. The van der Waals surface area contributed by atoms with Crippen LogP contribution in [0.15, 0.2) is 24.3 Å². The number of hydrogen-bond acceptors (Lipinski definition) is 2. The molecule has 2 unspecified atom stereocenters. The van der Waals surface area contributed by atoms with Crippen molar-refractivity contribution in [2.75, 3.05) is 12.3 Å². The molecule has 1 aliphatic rings. The van der Waals surface area contributed by atoms with E-state index in [4.69, 9.17) is 0 Å². The fraction of sp³-hybridized carbons (Fsp3) is 0.455. The molecule has 0 aromatic heterocycles. The number of rotatable bonds is 1. The highest BCUT2D eigenvalue weighted by atomic mass is 32.2. The monoisotopic (exact) mass is 211 g/mol. The summed E-state index contributed by atoms with van der Waals surface area (Å²) < 4.78 is 13.0. The molecule has 0 spiro atoms. The number of hydrogen-bond donors (Lipinski definition) is 1. The molecule has 1 aliphatic heterocycles. The van der Waals surface area contributed by atoms with Crippen molar-refractivity contribution >= 4 is 11.8 Å². The average Bonchev–Trinajstić information content (AvgIpc) is 2.19. The van der Waals surface area contributed by atoms with Crippen LogP contribution in [0.25, 0.3) is 0 Å². The Morgan fingerprint density at radius 1 is 1.50 bits per heavy atom. The van der Waals surface area contributed by atoms with Gasteiger partial charge in [0.05, 0.1) is 0 Å². The summed E-state index contributed by atoms with van der Waals surface area (Å²) in [6, 6.07) is 7.18. The highest BCUT2D eigenvalue weighted by Gasteiger charge is 2.19. The van der Waals surface area contributed by atoms with Crippen LogP contribution in [0.2, 0.25) is 0 Å². The van der Waals surface area contributed by atoms with Crippen molar-refractivity contribution in [1.82, 2.24) is 5.32 Å². The minimum Gasteiger partial charge on any atom is -0.308 e. The topological polar surface area (TPSA) is 12.0 Å². The number of nitrogens with one attached hydrogen (secondary N) is 1. The van der Waals surface area contributed by atoms with Gasteiger partial charge in [-0.05, 0) is 17.7 Å². The molecule has 1 fully saturated rings. The van der Waals surface area contributed by atoms with Crippen molar-refractivity contribution in [2.24, 2.45) is 0 Å². The average molecular weight is 211 g/mol. The van der Waals surface area contributed by atoms with E-state index < -0.39 is 0 Å². The third-order valence-electron chi connectivity index (χ3n) is 2.45. The van der Waals surface area contributed by atoms with Crippen LogP contribution in [0.1, 0.15) is 18.5 Å². The first-order valence-corrected chi connectivity index (χ1v) is 5.91. The molecule has 1 N–H and O–H groups in total. The Bertz CT molecular complexity index is 308. The highest BCUT2D eigenvalue weighted by Crippen LogP contribution is 2.25. The van der Waals surface area contributed by atoms with Crippen LogP contribution < -0.4 is 5.32 Å². The lowest BCUT2D eigenvalue weighted by Gasteiger charge is -2.27. The molecule has 0 saturated carbocycles. The van der Waals surface area contributed by atoms with Crippen LogP contribution >= 0.6 is 11.8 Å². The van der Waals surface area contributed by atoms with Gasteiger partial charge in [-0.3, -0.25) is 0 Å². The fourth-order valence-electron chi connectivity index (χ4n) is 1.62. The van der Waals surface area contributed by atoms with Gasteiger partial charge in [0.15, 0.2) is 0 Å². The van der Waals surface area contributed by atoms with Crippen LogP contribution in [-0.4, -0.2) is 17.5 Å². The zero-order valence-corrected chi connectivity index (χ0v) is 8.98. The normalized spacial score (nSPS) is 27.6. The van der Waals surface area contributed by atoms with Gasteiger partial charge in [0.2, 0.25) is 0 Å². The molecule has 1 nitrogen and oxygen atoms in total. The lowest BCUT2D eigenvalue weighted by Crippen LogP contribution is -2.34. The van der Waals surface area contributed by atoms with E-state index in [0.717, 1.165) is 17.9 Å². The van der Waals surface area contributed by atoms with Crippen molar-refractivity contribution in [3.63, 3.8) is 0 Å². The van der Waals surface area contributed by atoms with E-state index in [9.17, 15) is 4.39 Å². The van der Waals surface area contributed by atoms with Gasteiger partial charge in [-0.25, -0.2) is 4.39 Å². The molecule has 14 heavy (non-hydrogen) atoms. The fourth-order valence-corrected chi connectivity index (χ4v) is 2.67. The third-order valence-corrected chi connectivity index (χ3v) is 3.71. The van der Waals surface area contributed by atoms with E-state index in [1.54, 1.807) is 12.1 Å². The van der Waals surface area contributed by atoms with E-state index in [0.29, 0.717) is 11.3 Å². The summed E-state index contributed by atoms with van der Waals surface area (Å²) in [6.07, 6.45) is 0. The van der Waals surface area contributed by atoms with Gasteiger partial charge in [0.1, 0.15) is 5.82 Å². The van der Waals surface area contributed by atoms with Gasteiger partial charge in [-0.15, -0.1) is 0 Å². The second-order valence-electron chi connectivity index (χ2n) is 3.66. The molecule has 1 aromatic rings. The van der Waals surface area contributed by atoms with E-state index >= 15 is 0 Å². The van der Waals surface area contributed by atoms with Gasteiger partial charge in [-0.1, -0.05) is 19.1 Å². The Labute approximate surface area is 88.1 Å². The van der Waals surface area contributed by atoms with Crippen molar-refractivity contribution in [2.45, 2.75) is 18.2 Å². The van der Waals surface area contributed by atoms with Crippen molar-refractivity contribution in [1.29, 1.82) is 0 Å². The minimum atomic E-state index is -0.145. The Kier molecular flexibility index (Phi) is 3.08. The molecule has 3 heteroatoms. The van der Waals surface area contributed by atoms with Crippen molar-refractivity contribution < 1.29 is 4.39 Å². The SMILES string of the molecule is CC1CNC(c2cccc(F)c2)CS1. The molecule has 0 aliphatic carbocycles. The van der Waals surface area contributed by atoms with Crippen molar-refractivity contribution in [3.8, 4) is 0 Å². The van der Waals surface area contributed by atoms with Gasteiger partial charge < -0.3 is 5.32 Å². The van der Waals surface area contributed by atoms with E-state index in [1.165, 1.54) is 6.07 Å². The zero-order valence-electron chi connectivity index (χ0n) is 8.16. The van der Waals surface area contributed by atoms with Crippen molar-refractivity contribution in [3.05, 3.63) is 35.6 Å². The van der Waals surface area contributed by atoms with Gasteiger partial charge in [0, 0.05) is 23.6 Å². The molecule has 0 amide bonds. The largest absolute Gasteiger partial charge is 0.308 e. The van der Waals surface area contributed by atoms with Gasteiger partial charge in [-0.2, -0.15) is 11.8 Å². The maximum Gasteiger partial charge on any atom is 0.123 e. The summed E-state index contributed by atoms with van der Waals surface area (Å²) in [5.41, 5.74) is 1.06. The van der Waals surface area contributed by atoms with E-state index in [1.807, 2.05) is 17.8 Å². The van der Waals surface area contributed by atoms with E-state index in [-0.39, 0.29) is 5.82 Å². The smallest absolute Gasteiger partial charge is 0.123 e. The predicted octanol–water partition coefficient (Wildman–Crippen LogP) is 2.59. The minimum absolute atomic E-state index is 0.145. The first kappa shape index (κ1) is 9.99. The van der Waals surface area contributed by atoms with Gasteiger partial charge in [0.25, 0.3) is 0 Å². The molecule has 2 rings (SSSR count). The molecular weight excluding hydrogens is 197 g/mol. The first-order valence-electron chi connectivity index (χ1n) is 4.86. The second-order valence-corrected chi connectivity index (χ2v) is 5.13. The highest BCUT2D eigenvalue weighted by molar-refractivity contribution is 8.00. The lowest BCUT2D eigenvalue weighted by atomic mass is 10.1. The maximum absolute atomic E-state index is 13.0. The summed E-state index contributed by atoms with van der Waals surface area (Å²) in [6.45, 7) is 3.21. The lowest BCUT2D eigenvalue weighted by molar-refractivity contribution is 0.556. The molecule has 0 bridgehead atoms. The third kappa shape index (κ3) is 2.28. The van der Waals surface area contributed by atoms with Crippen LogP contribution in [0.3, 0.4) is 0 Å². The number of halogens is 1. The second kappa shape index (κ2) is 4.32. The van der Waals surface area contributed by atoms with Crippen LogP contribution in [0.4, 0.5) is 4.39 Å². The molecule has 2 atom stereocenters. The Balaban J connectivity index is 2.08. The quantitative estimate of drug-likeness (QED) is 0.766. The maximum atomic E-state index is 13.0. The Morgan fingerprint density at radius 3 is 3.00 bits per heavy atom. The van der Waals surface area contributed by atoms with Crippen LogP contribution in [-0.2, 0) is 0 Å². The summed E-state index contributed by atoms with van der Waals surface area (Å²) in [7, 11) is 0. The molecule has 0 radical (unpaired) electrons. The van der Waals surface area contributed by atoms with Gasteiger partial charge >= 0.3 is 0 Å². The first-order chi connectivity index (χ1) is 6.75. The van der Waals surface area contributed by atoms with Crippen LogP contribution in [0.5, 0.6) is 0 Å². The summed E-state index contributed by atoms with van der Waals surface area (Å²) in [5, 5.41) is 4.09. The Morgan fingerprint density at radius 2 is 2.36 bits per heavy atom. The van der Waals surface area contributed by atoms with Crippen LogP contribution in [0, 0.1) is 5.82 Å². The predicted molar refractivity (Wildman–Crippen MR) is 59.1 cm³/mol. The summed E-state index contributed by atoms with van der Waals surface area (Å²) in [5.74, 6) is 0.887. The van der Waals surface area contributed by atoms with E-state index in [2.05, 4.69) is 12.2 Å². The Hall–Kier alpha value is -0.540. The molecular formula is C11H14FNS. The standard InChI is InChI=1S/C11H14FNS/c1-8-6-13-11(7-14-8)9-3-2-4-10(12)5-9/h2-5,8,11,13H,6-7H2,1H3. The summed E-state index contributed by atoms with van der Waals surface area (Å²) in [4.78, 5) is 0. The molecule has 1 saturated heterocycles. The zero-order chi connectivity index (χ0) is 9.97.